The second-order valence-electron chi connectivity index (χ2n) is 8.92. The van der Waals surface area contributed by atoms with Crippen molar-refractivity contribution in [2.24, 2.45) is 0 Å². The van der Waals surface area contributed by atoms with E-state index in [1.165, 1.54) is 24.8 Å². The van der Waals surface area contributed by atoms with Crippen LogP contribution in [0, 0.1) is 0 Å². The van der Waals surface area contributed by atoms with E-state index in [9.17, 15) is 4.79 Å². The minimum absolute atomic E-state index is 0.00315. The van der Waals surface area contributed by atoms with Gasteiger partial charge in [-0.1, -0.05) is 31.4 Å². The van der Waals surface area contributed by atoms with Crippen molar-refractivity contribution in [2.45, 2.75) is 77.5 Å². The molecule has 0 spiro atoms. The minimum atomic E-state index is -0.261. The van der Waals surface area contributed by atoms with Gasteiger partial charge in [0.25, 0.3) is 0 Å². The number of benzene rings is 1. The second kappa shape index (κ2) is 9.33. The van der Waals surface area contributed by atoms with E-state index in [4.69, 9.17) is 4.74 Å². The molecule has 1 N–H and O–H groups in total. The van der Waals surface area contributed by atoms with Crippen LogP contribution in [0.5, 0.6) is 5.75 Å². The van der Waals surface area contributed by atoms with Crippen molar-refractivity contribution in [1.29, 1.82) is 0 Å². The standard InChI is InChI=1S/C23H34N4O2/c1-23(2,3)25-22(28)27(19-8-6-5-7-9-19)17-21-24-14-15-26(21)16-18-10-12-20(29-4)13-11-18/h10-15,19H,5-9,16-17H2,1-4H3,(H,25,28). The molecule has 0 saturated heterocycles. The van der Waals surface area contributed by atoms with Gasteiger partial charge in [-0.15, -0.1) is 0 Å². The van der Waals surface area contributed by atoms with E-state index in [-0.39, 0.29) is 17.6 Å². The molecule has 1 fully saturated rings. The topological polar surface area (TPSA) is 59.4 Å². The van der Waals surface area contributed by atoms with E-state index in [1.807, 2.05) is 50.2 Å². The Morgan fingerprint density at radius 1 is 1.21 bits per heavy atom. The average molecular weight is 399 g/mol. The van der Waals surface area contributed by atoms with Crippen LogP contribution in [-0.2, 0) is 13.1 Å². The molecule has 158 valence electrons. The van der Waals surface area contributed by atoms with Crippen molar-refractivity contribution in [3.05, 3.63) is 48.0 Å². The summed E-state index contributed by atoms with van der Waals surface area (Å²) in [5.74, 6) is 1.76. The molecule has 6 nitrogen and oxygen atoms in total. The number of aromatic nitrogens is 2. The highest BCUT2D eigenvalue weighted by molar-refractivity contribution is 5.75. The fourth-order valence-electron chi connectivity index (χ4n) is 3.87. The summed E-state index contributed by atoms with van der Waals surface area (Å²) in [5.41, 5.74) is 0.913. The lowest BCUT2D eigenvalue weighted by molar-refractivity contribution is 0.141. The Hall–Kier alpha value is -2.50. The third kappa shape index (κ3) is 5.99. The van der Waals surface area contributed by atoms with Crippen LogP contribution in [0.1, 0.15) is 64.3 Å². The predicted octanol–water partition coefficient (Wildman–Crippen LogP) is 4.58. The van der Waals surface area contributed by atoms with Crippen LogP contribution in [0.15, 0.2) is 36.7 Å². The van der Waals surface area contributed by atoms with Crippen LogP contribution in [0.3, 0.4) is 0 Å². The van der Waals surface area contributed by atoms with Gasteiger partial charge in [-0.25, -0.2) is 9.78 Å². The SMILES string of the molecule is COc1ccc(Cn2ccnc2CN(C(=O)NC(C)(C)C)C2CCCCC2)cc1. The van der Waals surface area contributed by atoms with Crippen LogP contribution in [0.25, 0.3) is 0 Å². The first-order valence-corrected chi connectivity index (χ1v) is 10.6. The number of imidazole rings is 1. The zero-order valence-electron chi connectivity index (χ0n) is 18.1. The van der Waals surface area contributed by atoms with Crippen LogP contribution >= 0.6 is 0 Å². The number of carbonyl (C=O) groups excluding carboxylic acids is 1. The Morgan fingerprint density at radius 2 is 1.90 bits per heavy atom. The fraction of sp³-hybridized carbons (Fsp3) is 0.565. The Labute approximate surface area is 174 Å². The molecule has 3 rings (SSSR count). The number of nitrogens with one attached hydrogen (secondary N) is 1. The van der Waals surface area contributed by atoms with Gasteiger partial charge in [0.05, 0.1) is 13.7 Å². The van der Waals surface area contributed by atoms with Gasteiger partial charge >= 0.3 is 6.03 Å². The molecule has 0 radical (unpaired) electrons. The zero-order chi connectivity index (χ0) is 20.9. The molecule has 1 aromatic heterocycles. The summed E-state index contributed by atoms with van der Waals surface area (Å²) < 4.78 is 7.37. The van der Waals surface area contributed by atoms with E-state index in [2.05, 4.69) is 27.0 Å². The third-order valence-corrected chi connectivity index (χ3v) is 5.38. The monoisotopic (exact) mass is 398 g/mol. The highest BCUT2D eigenvalue weighted by atomic mass is 16.5. The summed E-state index contributed by atoms with van der Waals surface area (Å²) in [6.45, 7) is 7.31. The van der Waals surface area contributed by atoms with E-state index in [0.717, 1.165) is 31.0 Å². The Balaban J connectivity index is 1.76. The quantitative estimate of drug-likeness (QED) is 0.775. The minimum Gasteiger partial charge on any atom is -0.497 e. The largest absolute Gasteiger partial charge is 0.497 e. The van der Waals surface area contributed by atoms with Gasteiger partial charge in [0.2, 0.25) is 0 Å². The van der Waals surface area contributed by atoms with E-state index >= 15 is 0 Å². The maximum atomic E-state index is 13.1. The second-order valence-corrected chi connectivity index (χ2v) is 8.92. The lowest BCUT2D eigenvalue weighted by Gasteiger charge is -2.36. The molecule has 2 amide bonds. The number of amides is 2. The maximum absolute atomic E-state index is 13.1. The van der Waals surface area contributed by atoms with Crippen molar-refractivity contribution in [2.75, 3.05) is 7.11 Å². The molecule has 0 bridgehead atoms. The average Bonchev–Trinajstić information content (AvgIpc) is 3.12. The maximum Gasteiger partial charge on any atom is 0.318 e. The number of hydrogen-bond acceptors (Lipinski definition) is 3. The molecule has 1 heterocycles. The fourth-order valence-corrected chi connectivity index (χ4v) is 3.87. The number of ether oxygens (including phenoxy) is 1. The lowest BCUT2D eigenvalue weighted by Crippen LogP contribution is -2.52. The smallest absolute Gasteiger partial charge is 0.318 e. The number of rotatable bonds is 6. The van der Waals surface area contributed by atoms with Crippen molar-refractivity contribution in [3.8, 4) is 5.75 Å². The molecular weight excluding hydrogens is 364 g/mol. The summed E-state index contributed by atoms with van der Waals surface area (Å²) in [6, 6.07) is 8.34. The van der Waals surface area contributed by atoms with Crippen LogP contribution in [-0.4, -0.2) is 39.2 Å². The normalized spacial score (nSPS) is 15.2. The molecule has 29 heavy (non-hydrogen) atoms. The first-order valence-electron chi connectivity index (χ1n) is 10.6. The zero-order valence-corrected chi connectivity index (χ0v) is 18.1. The number of methoxy groups -OCH3 is 1. The van der Waals surface area contributed by atoms with Gasteiger partial charge in [-0.3, -0.25) is 0 Å². The molecule has 1 aliphatic rings. The van der Waals surface area contributed by atoms with E-state index < -0.39 is 0 Å². The van der Waals surface area contributed by atoms with Crippen LogP contribution < -0.4 is 10.1 Å². The number of urea groups is 1. The summed E-state index contributed by atoms with van der Waals surface area (Å²) in [6.07, 6.45) is 9.57. The molecular formula is C23H34N4O2. The molecule has 1 saturated carbocycles. The summed E-state index contributed by atoms with van der Waals surface area (Å²) in [7, 11) is 1.67. The lowest BCUT2D eigenvalue weighted by atomic mass is 9.94. The van der Waals surface area contributed by atoms with Gasteiger partial charge in [0.1, 0.15) is 11.6 Å². The Kier molecular flexibility index (Phi) is 6.83. The highest BCUT2D eigenvalue weighted by Gasteiger charge is 2.28. The van der Waals surface area contributed by atoms with E-state index in [1.54, 1.807) is 7.11 Å². The van der Waals surface area contributed by atoms with Gasteiger partial charge in [-0.05, 0) is 51.3 Å². The third-order valence-electron chi connectivity index (χ3n) is 5.38. The van der Waals surface area contributed by atoms with Crippen molar-refractivity contribution in [1.82, 2.24) is 19.8 Å². The molecule has 0 aliphatic heterocycles. The van der Waals surface area contributed by atoms with Crippen LogP contribution in [0.4, 0.5) is 4.79 Å². The van der Waals surface area contributed by atoms with Gasteiger partial charge < -0.3 is 19.5 Å². The van der Waals surface area contributed by atoms with E-state index in [0.29, 0.717) is 6.54 Å². The molecule has 0 unspecified atom stereocenters. The van der Waals surface area contributed by atoms with Crippen LogP contribution in [0.2, 0.25) is 0 Å². The number of hydrogen-bond donors (Lipinski definition) is 1. The highest BCUT2D eigenvalue weighted by Crippen LogP contribution is 2.25. The summed E-state index contributed by atoms with van der Waals surface area (Å²) >= 11 is 0. The Bertz CT molecular complexity index is 786. The van der Waals surface area contributed by atoms with Gasteiger partial charge in [0.15, 0.2) is 0 Å². The molecule has 1 aromatic carbocycles. The van der Waals surface area contributed by atoms with Crippen molar-refractivity contribution >= 4 is 6.03 Å². The molecule has 1 aliphatic carbocycles. The Morgan fingerprint density at radius 3 is 2.52 bits per heavy atom. The first kappa shape index (κ1) is 21.2. The predicted molar refractivity (Wildman–Crippen MR) is 115 cm³/mol. The summed E-state index contributed by atoms with van der Waals surface area (Å²) in [5, 5.41) is 3.15. The van der Waals surface area contributed by atoms with Gasteiger partial charge in [-0.2, -0.15) is 0 Å². The molecule has 2 aromatic rings. The number of nitrogens with zero attached hydrogens (tertiary/aromatic N) is 3. The van der Waals surface area contributed by atoms with Crippen molar-refractivity contribution < 1.29 is 9.53 Å². The number of carbonyl (C=O) groups is 1. The van der Waals surface area contributed by atoms with Gasteiger partial charge in [0, 0.05) is 30.5 Å². The molecule has 0 atom stereocenters. The van der Waals surface area contributed by atoms with Crippen molar-refractivity contribution in [3.63, 3.8) is 0 Å². The summed E-state index contributed by atoms with van der Waals surface area (Å²) in [4.78, 5) is 19.7. The first-order chi connectivity index (χ1) is 13.9. The molecule has 6 heteroatoms.